The third-order valence-corrected chi connectivity index (χ3v) is 18.7. The lowest BCUT2D eigenvalue weighted by atomic mass is 9.87. The van der Waals surface area contributed by atoms with Gasteiger partial charge in [0.1, 0.15) is 54.8 Å². The maximum absolute atomic E-state index is 14.1. The number of aromatic hydroxyl groups is 4. The maximum Gasteiger partial charge on any atom is 0.306 e. The van der Waals surface area contributed by atoms with Crippen molar-refractivity contribution in [2.75, 3.05) is 26.4 Å². The minimum Gasteiger partial charge on any atom is -0.507 e. The fourth-order valence-electron chi connectivity index (χ4n) is 10.8. The van der Waals surface area contributed by atoms with Gasteiger partial charge in [0.15, 0.2) is 0 Å². The molecular weight excluding hydrogens is 1070 g/mol. The van der Waals surface area contributed by atoms with E-state index in [0.29, 0.717) is 25.7 Å². The normalized spacial score (nSPS) is 15.2. The topological polar surface area (TPSA) is 186 Å². The fraction of sp³-hybridized carbons (Fsp3) is 0.616. The summed E-state index contributed by atoms with van der Waals surface area (Å²) in [5, 5.41) is 45.4. The number of hydrogen-bond acceptors (Lipinski definition) is 12. The third-order valence-electron chi connectivity index (χ3n) is 18.7. The highest BCUT2D eigenvalue weighted by Crippen LogP contribution is 2.42. The van der Waals surface area contributed by atoms with E-state index in [1.165, 1.54) is 0 Å². The van der Waals surface area contributed by atoms with E-state index in [0.717, 1.165) is 118 Å². The van der Waals surface area contributed by atoms with Gasteiger partial charge in [0.25, 0.3) is 0 Å². The summed E-state index contributed by atoms with van der Waals surface area (Å²) in [4.78, 5) is 56.3. The van der Waals surface area contributed by atoms with Crippen molar-refractivity contribution in [3.8, 4) is 23.0 Å². The molecule has 0 saturated heterocycles. The zero-order valence-corrected chi connectivity index (χ0v) is 54.9. The van der Waals surface area contributed by atoms with Gasteiger partial charge in [0.2, 0.25) is 0 Å². The number of carbonyl (C=O) groups is 4. The van der Waals surface area contributed by atoms with Crippen molar-refractivity contribution < 1.29 is 58.6 Å². The number of benzene rings is 4. The molecule has 8 atom stereocenters. The Morgan fingerprint density at radius 2 is 0.447 bits per heavy atom. The number of carbonyl (C=O) groups excluding carboxylic acids is 4. The highest BCUT2D eigenvalue weighted by atomic mass is 16.6. The second-order valence-corrected chi connectivity index (χ2v) is 25.1. The van der Waals surface area contributed by atoms with E-state index < -0.39 is 55.7 Å². The molecule has 4 N–H and O–H groups in total. The number of aryl methyl sites for hydroxylation is 4. The summed E-state index contributed by atoms with van der Waals surface area (Å²) in [7, 11) is 0. The molecule has 4 aromatic carbocycles. The summed E-state index contributed by atoms with van der Waals surface area (Å²) in [6, 6.07) is 15.7. The van der Waals surface area contributed by atoms with Gasteiger partial charge in [0.05, 0.1) is 0 Å². The summed E-state index contributed by atoms with van der Waals surface area (Å²) < 4.78 is 24.5. The summed E-state index contributed by atoms with van der Waals surface area (Å²) >= 11 is 0. The number of ether oxygens (including phenoxy) is 4. The first kappa shape index (κ1) is 71.4. The molecule has 0 aliphatic heterocycles. The SMILES string of the molecule is CCC(C)c1cc(CCC(=O)OCC(COC(=O)CCc2cc(C(C)CC)c(O)c(C(C)CC)c2)(COC(=O)CCc2cc(C(C)CC)c(O)c(C(C)CC)c2)COC(=O)CCc2cc(C(C)CC)c(O)c(C(C)CC)c2)cc(C(C)CC)c1O. The predicted molar refractivity (Wildman–Crippen MR) is 342 cm³/mol. The first-order valence-electron chi connectivity index (χ1n) is 32.4. The van der Waals surface area contributed by atoms with Gasteiger partial charge < -0.3 is 39.4 Å². The highest BCUT2D eigenvalue weighted by molar-refractivity contribution is 5.72. The van der Waals surface area contributed by atoms with E-state index in [2.05, 4.69) is 111 Å². The van der Waals surface area contributed by atoms with Gasteiger partial charge >= 0.3 is 23.9 Å². The largest absolute Gasteiger partial charge is 0.507 e. The molecule has 8 unspecified atom stereocenters. The van der Waals surface area contributed by atoms with E-state index >= 15 is 0 Å². The number of phenolic OH excluding ortho intramolecular Hbond substituents is 4. The van der Waals surface area contributed by atoms with Crippen LogP contribution >= 0.6 is 0 Å². The Morgan fingerprint density at radius 3 is 0.576 bits per heavy atom. The molecule has 0 aromatic heterocycles. The molecular formula is C73H108O12. The second-order valence-electron chi connectivity index (χ2n) is 25.1. The molecule has 0 spiro atoms. The molecule has 0 amide bonds. The first-order valence-corrected chi connectivity index (χ1v) is 32.4. The third kappa shape index (κ3) is 20.0. The molecule has 0 radical (unpaired) electrons. The smallest absolute Gasteiger partial charge is 0.306 e. The Bertz CT molecular complexity index is 2310. The maximum atomic E-state index is 14.1. The summed E-state index contributed by atoms with van der Waals surface area (Å²) in [5.74, 6) is -0.411. The summed E-state index contributed by atoms with van der Waals surface area (Å²) in [6.45, 7) is 31.4. The molecule has 472 valence electrons. The summed E-state index contributed by atoms with van der Waals surface area (Å²) in [5.41, 5.74) is 8.64. The molecule has 0 fully saturated rings. The van der Waals surface area contributed by atoms with E-state index in [1.54, 1.807) is 0 Å². The molecule has 0 heterocycles. The van der Waals surface area contributed by atoms with Crippen LogP contribution in [0, 0.1) is 5.41 Å². The monoisotopic (exact) mass is 1180 g/mol. The lowest BCUT2D eigenvalue weighted by molar-refractivity contribution is -0.170. The van der Waals surface area contributed by atoms with Crippen LogP contribution in [0.15, 0.2) is 48.5 Å². The minimum absolute atomic E-state index is 0.0299. The average Bonchev–Trinajstić information content (AvgIpc) is 3.63. The Hall–Kier alpha value is -6.04. The first-order chi connectivity index (χ1) is 40.3. The average molecular weight is 1180 g/mol. The number of esters is 4. The Labute approximate surface area is 511 Å². The Morgan fingerprint density at radius 1 is 0.306 bits per heavy atom. The van der Waals surface area contributed by atoms with Crippen LogP contribution in [0.5, 0.6) is 23.0 Å². The van der Waals surface area contributed by atoms with Crippen molar-refractivity contribution >= 4 is 23.9 Å². The second kappa shape index (κ2) is 34.3. The lowest BCUT2D eigenvalue weighted by Crippen LogP contribution is -2.44. The predicted octanol–water partition coefficient (Wildman–Crippen LogP) is 17.6. The fourth-order valence-corrected chi connectivity index (χ4v) is 10.8. The number of hydrogen-bond donors (Lipinski definition) is 4. The Kier molecular flexibility index (Phi) is 28.9. The Balaban J connectivity index is 1.74. The van der Waals surface area contributed by atoms with Crippen molar-refractivity contribution in [1.29, 1.82) is 0 Å². The van der Waals surface area contributed by atoms with E-state index in [4.69, 9.17) is 18.9 Å². The van der Waals surface area contributed by atoms with Crippen molar-refractivity contribution in [3.05, 3.63) is 115 Å². The van der Waals surface area contributed by atoms with Crippen LogP contribution in [0.4, 0.5) is 0 Å². The molecule has 0 saturated carbocycles. The van der Waals surface area contributed by atoms with Gasteiger partial charge in [-0.05, 0) is 191 Å². The molecule has 0 bridgehead atoms. The van der Waals surface area contributed by atoms with Crippen LogP contribution in [0.2, 0.25) is 0 Å². The molecule has 0 aliphatic carbocycles. The van der Waals surface area contributed by atoms with Crippen LogP contribution in [-0.2, 0) is 63.8 Å². The zero-order valence-electron chi connectivity index (χ0n) is 54.9. The molecule has 12 nitrogen and oxygen atoms in total. The van der Waals surface area contributed by atoms with Crippen LogP contribution in [0.1, 0.15) is 302 Å². The van der Waals surface area contributed by atoms with Gasteiger partial charge in [-0.25, -0.2) is 0 Å². The quantitative estimate of drug-likeness (QED) is 0.0250. The van der Waals surface area contributed by atoms with Gasteiger partial charge in [0, 0.05) is 25.7 Å². The number of rotatable bonds is 36. The van der Waals surface area contributed by atoms with E-state index in [1.807, 2.05) is 48.5 Å². The standard InChI is InChI=1S/C73H108O12/c1-17-45(9)57-33-53(34-58(69(57)78)46(10)18-2)25-29-65(74)82-41-73(42-83-66(75)30-26-54-35-59(47(11)19-3)70(79)60(36-54)48(12)20-4,43-84-67(76)31-27-55-37-61(49(13)21-5)71(80)62(38-55)50(14)22-6)44-85-68(77)32-28-56-39-63(51(15)23-7)72(81)64(40-56)52(16)24-8/h33-40,45-52,78-81H,17-32,41-44H2,1-16H3. The van der Waals surface area contributed by atoms with Crippen LogP contribution < -0.4 is 0 Å². The van der Waals surface area contributed by atoms with Gasteiger partial charge in [-0.3, -0.25) is 19.2 Å². The van der Waals surface area contributed by atoms with Crippen molar-refractivity contribution in [1.82, 2.24) is 0 Å². The van der Waals surface area contributed by atoms with Gasteiger partial charge in [-0.15, -0.1) is 0 Å². The van der Waals surface area contributed by atoms with E-state index in [9.17, 15) is 39.6 Å². The molecule has 12 heteroatoms. The van der Waals surface area contributed by atoms with Crippen molar-refractivity contribution in [2.24, 2.45) is 5.41 Å². The van der Waals surface area contributed by atoms with Crippen LogP contribution in [-0.4, -0.2) is 70.7 Å². The van der Waals surface area contributed by atoms with Crippen molar-refractivity contribution in [3.63, 3.8) is 0 Å². The highest BCUT2D eigenvalue weighted by Gasteiger charge is 2.38. The summed E-state index contributed by atoms with van der Waals surface area (Å²) in [6.07, 6.45) is 7.70. The van der Waals surface area contributed by atoms with Crippen molar-refractivity contribution in [2.45, 2.75) is 261 Å². The number of phenols is 4. The molecule has 0 aliphatic rings. The van der Waals surface area contributed by atoms with Crippen LogP contribution in [0.25, 0.3) is 0 Å². The van der Waals surface area contributed by atoms with Gasteiger partial charge in [-0.2, -0.15) is 0 Å². The van der Waals surface area contributed by atoms with Gasteiger partial charge in [-0.1, -0.05) is 159 Å². The molecule has 4 rings (SSSR count). The minimum atomic E-state index is -1.55. The lowest BCUT2D eigenvalue weighted by Gasteiger charge is -2.31. The molecule has 85 heavy (non-hydrogen) atoms. The zero-order chi connectivity index (χ0) is 63.3. The van der Waals surface area contributed by atoms with Crippen LogP contribution in [0.3, 0.4) is 0 Å². The molecule has 4 aromatic rings. The van der Waals surface area contributed by atoms with E-state index in [-0.39, 0.29) is 96.0 Å².